The molecule has 2 aromatic heterocycles. The Morgan fingerprint density at radius 1 is 1.15 bits per heavy atom. The number of carbonyl (C=O) groups is 1. The molecule has 0 saturated heterocycles. The normalized spacial score (nSPS) is 13.1. The molecular formula is C26H27N5O3. The topological polar surface area (TPSA) is 86.3 Å². The molecule has 1 aliphatic heterocycles. The smallest absolute Gasteiger partial charge is 0.256 e. The van der Waals surface area contributed by atoms with Crippen LogP contribution in [0, 0.1) is 13.8 Å². The van der Waals surface area contributed by atoms with E-state index in [9.17, 15) is 4.79 Å². The minimum absolute atomic E-state index is 0.0282. The molecule has 8 heteroatoms. The molecule has 5 rings (SSSR count). The number of carbonyl (C=O) groups excluding carboxylic acids is 1. The maximum Gasteiger partial charge on any atom is 0.256 e. The molecule has 0 N–H and O–H groups in total. The van der Waals surface area contributed by atoms with Gasteiger partial charge in [-0.2, -0.15) is 4.98 Å². The van der Waals surface area contributed by atoms with Gasteiger partial charge in [0.15, 0.2) is 0 Å². The summed E-state index contributed by atoms with van der Waals surface area (Å²) in [7, 11) is 1.65. The van der Waals surface area contributed by atoms with Crippen LogP contribution in [0.2, 0.25) is 0 Å². The van der Waals surface area contributed by atoms with Crippen LogP contribution >= 0.6 is 0 Å². The molecule has 0 aliphatic carbocycles. The van der Waals surface area contributed by atoms with E-state index in [4.69, 9.17) is 9.26 Å². The number of imidazole rings is 1. The molecular weight excluding hydrogens is 430 g/mol. The van der Waals surface area contributed by atoms with Crippen molar-refractivity contribution in [2.45, 2.75) is 46.7 Å². The first-order valence-corrected chi connectivity index (χ1v) is 11.3. The first-order chi connectivity index (χ1) is 16.4. The molecule has 2 aromatic carbocycles. The van der Waals surface area contributed by atoms with E-state index in [0.29, 0.717) is 36.1 Å². The fraction of sp³-hybridized carbons (Fsp3) is 0.308. The molecule has 0 saturated carbocycles. The summed E-state index contributed by atoms with van der Waals surface area (Å²) in [5.41, 5.74) is 6.05. The molecule has 3 heterocycles. The highest BCUT2D eigenvalue weighted by molar-refractivity contribution is 5.98. The monoisotopic (exact) mass is 457 g/mol. The summed E-state index contributed by atoms with van der Waals surface area (Å²) >= 11 is 0. The molecule has 0 unspecified atom stereocenters. The van der Waals surface area contributed by atoms with E-state index in [1.54, 1.807) is 13.4 Å². The van der Waals surface area contributed by atoms with E-state index >= 15 is 0 Å². The number of aryl methyl sites for hydroxylation is 2. The Hall–Kier alpha value is -3.94. The number of ether oxygens (including phenoxy) is 1. The third kappa shape index (κ3) is 3.75. The van der Waals surface area contributed by atoms with Gasteiger partial charge in [0.2, 0.25) is 11.7 Å². The highest BCUT2D eigenvalue weighted by Gasteiger charge is 2.30. The minimum Gasteiger partial charge on any atom is -0.497 e. The van der Waals surface area contributed by atoms with Crippen molar-refractivity contribution in [1.29, 1.82) is 0 Å². The third-order valence-electron chi connectivity index (χ3n) is 6.19. The van der Waals surface area contributed by atoms with Gasteiger partial charge in [-0.1, -0.05) is 36.7 Å². The van der Waals surface area contributed by atoms with Gasteiger partial charge in [0.1, 0.15) is 17.8 Å². The number of hydrogen-bond acceptors (Lipinski definition) is 6. The molecule has 8 nitrogen and oxygen atoms in total. The van der Waals surface area contributed by atoms with Gasteiger partial charge in [0.25, 0.3) is 5.91 Å². The largest absolute Gasteiger partial charge is 0.497 e. The quantitative estimate of drug-likeness (QED) is 0.427. The van der Waals surface area contributed by atoms with Gasteiger partial charge in [-0.3, -0.25) is 9.36 Å². The molecule has 1 amide bonds. The van der Waals surface area contributed by atoms with Crippen LogP contribution in [-0.2, 0) is 13.1 Å². The fourth-order valence-corrected chi connectivity index (χ4v) is 4.25. The maximum atomic E-state index is 13.8. The summed E-state index contributed by atoms with van der Waals surface area (Å²) in [4.78, 5) is 24.8. The van der Waals surface area contributed by atoms with Crippen molar-refractivity contribution in [1.82, 2.24) is 24.6 Å². The lowest BCUT2D eigenvalue weighted by Crippen LogP contribution is -2.29. The van der Waals surface area contributed by atoms with Crippen LogP contribution in [0.15, 0.2) is 47.2 Å². The molecule has 34 heavy (non-hydrogen) atoms. The minimum atomic E-state index is -0.0282. The molecule has 0 bridgehead atoms. The highest BCUT2D eigenvalue weighted by Crippen LogP contribution is 2.32. The summed E-state index contributed by atoms with van der Waals surface area (Å²) in [5, 5.41) is 4.17. The van der Waals surface area contributed by atoms with E-state index in [-0.39, 0.29) is 11.8 Å². The molecule has 1 aliphatic rings. The van der Waals surface area contributed by atoms with Gasteiger partial charge in [-0.05, 0) is 49.2 Å². The van der Waals surface area contributed by atoms with Crippen molar-refractivity contribution in [3.8, 4) is 23.0 Å². The van der Waals surface area contributed by atoms with Gasteiger partial charge in [0.05, 0.1) is 30.6 Å². The molecule has 4 aromatic rings. The standard InChI is InChI=1S/C26H27N5O3/c1-15(2)25-28-24(29-34-25)23-22-13-30(12-18-7-8-19(33-5)11-17(18)4)26(32)20-10-16(3)6-9-21(20)31(22)14-27-23/h6-11,14-15H,12-13H2,1-5H3. The second kappa shape index (κ2) is 8.44. The number of benzene rings is 2. The van der Waals surface area contributed by atoms with Crippen molar-refractivity contribution in [3.05, 3.63) is 76.6 Å². The van der Waals surface area contributed by atoms with E-state index in [1.165, 1.54) is 0 Å². The Labute approximate surface area is 198 Å². The van der Waals surface area contributed by atoms with Gasteiger partial charge < -0.3 is 14.2 Å². The van der Waals surface area contributed by atoms with Crippen LogP contribution in [0.5, 0.6) is 5.75 Å². The van der Waals surface area contributed by atoms with Gasteiger partial charge in [-0.25, -0.2) is 4.98 Å². The number of hydrogen-bond donors (Lipinski definition) is 0. The zero-order chi connectivity index (χ0) is 24.0. The zero-order valence-corrected chi connectivity index (χ0v) is 20.0. The van der Waals surface area contributed by atoms with Crippen LogP contribution in [0.3, 0.4) is 0 Å². The van der Waals surface area contributed by atoms with Crippen molar-refractivity contribution in [2.24, 2.45) is 0 Å². The maximum absolute atomic E-state index is 13.8. The summed E-state index contributed by atoms with van der Waals surface area (Å²) in [6.07, 6.45) is 1.74. The summed E-state index contributed by atoms with van der Waals surface area (Å²) < 4.78 is 12.7. The Kier molecular flexibility index (Phi) is 5.43. The number of amides is 1. The average molecular weight is 458 g/mol. The molecule has 0 spiro atoms. The Bertz CT molecular complexity index is 1390. The van der Waals surface area contributed by atoms with Crippen LogP contribution in [0.4, 0.5) is 0 Å². The van der Waals surface area contributed by atoms with E-state index < -0.39 is 0 Å². The van der Waals surface area contributed by atoms with Crippen molar-refractivity contribution >= 4 is 5.91 Å². The zero-order valence-electron chi connectivity index (χ0n) is 20.0. The highest BCUT2D eigenvalue weighted by atomic mass is 16.5. The Balaban J connectivity index is 1.62. The SMILES string of the molecule is COc1ccc(CN2Cc3c(-c4noc(C(C)C)n4)ncn3-c3ccc(C)cc3C2=O)c(C)c1. The average Bonchev–Trinajstić information content (AvgIpc) is 3.44. The summed E-state index contributed by atoms with van der Waals surface area (Å²) in [6.45, 7) is 8.83. The first kappa shape index (κ1) is 21.9. The predicted octanol–water partition coefficient (Wildman–Crippen LogP) is 4.83. The van der Waals surface area contributed by atoms with Gasteiger partial charge >= 0.3 is 0 Å². The lowest BCUT2D eigenvalue weighted by molar-refractivity contribution is 0.0733. The van der Waals surface area contributed by atoms with Crippen LogP contribution in [0.1, 0.15) is 58.4 Å². The summed E-state index contributed by atoms with van der Waals surface area (Å²) in [6, 6.07) is 11.8. The molecule has 0 radical (unpaired) electrons. The number of fused-ring (bicyclic) bond motifs is 3. The van der Waals surface area contributed by atoms with E-state index in [2.05, 4.69) is 15.1 Å². The molecule has 0 fully saturated rings. The van der Waals surface area contributed by atoms with Crippen LogP contribution in [0.25, 0.3) is 17.2 Å². The second-order valence-electron chi connectivity index (χ2n) is 9.00. The number of methoxy groups -OCH3 is 1. The lowest BCUT2D eigenvalue weighted by atomic mass is 10.1. The Morgan fingerprint density at radius 3 is 2.68 bits per heavy atom. The van der Waals surface area contributed by atoms with Crippen LogP contribution in [-0.4, -0.2) is 37.6 Å². The molecule has 0 atom stereocenters. The fourth-order valence-electron chi connectivity index (χ4n) is 4.25. The third-order valence-corrected chi connectivity index (χ3v) is 6.19. The number of aromatic nitrogens is 4. The lowest BCUT2D eigenvalue weighted by Gasteiger charge is -2.22. The predicted molar refractivity (Wildman–Crippen MR) is 127 cm³/mol. The van der Waals surface area contributed by atoms with Crippen molar-refractivity contribution in [3.63, 3.8) is 0 Å². The summed E-state index contributed by atoms with van der Waals surface area (Å²) in [5.74, 6) is 1.87. The van der Waals surface area contributed by atoms with Crippen LogP contribution < -0.4 is 4.74 Å². The Morgan fingerprint density at radius 2 is 1.97 bits per heavy atom. The number of nitrogens with zero attached hydrogens (tertiary/aromatic N) is 5. The van der Waals surface area contributed by atoms with Gasteiger partial charge in [-0.15, -0.1) is 0 Å². The number of rotatable bonds is 5. The van der Waals surface area contributed by atoms with Crippen molar-refractivity contribution in [2.75, 3.05) is 7.11 Å². The van der Waals surface area contributed by atoms with Gasteiger partial charge in [0, 0.05) is 12.5 Å². The first-order valence-electron chi connectivity index (χ1n) is 11.3. The van der Waals surface area contributed by atoms with E-state index in [1.807, 2.05) is 73.6 Å². The van der Waals surface area contributed by atoms with E-state index in [0.717, 1.165) is 33.8 Å². The van der Waals surface area contributed by atoms with Crippen molar-refractivity contribution < 1.29 is 14.1 Å². The molecule has 174 valence electrons. The second-order valence-corrected chi connectivity index (χ2v) is 9.00.